The molecule has 1 N–H and O–H groups in total. The Bertz CT molecular complexity index is 870. The molecule has 2 heterocycles. The van der Waals surface area contributed by atoms with E-state index in [1.54, 1.807) is 11.8 Å². The Labute approximate surface area is 158 Å². The van der Waals surface area contributed by atoms with Gasteiger partial charge in [-0.3, -0.25) is 4.79 Å². The van der Waals surface area contributed by atoms with Gasteiger partial charge in [0.15, 0.2) is 5.78 Å². The third-order valence-corrected chi connectivity index (χ3v) is 5.98. The highest BCUT2D eigenvalue weighted by atomic mass is 32.2. The molecule has 0 saturated heterocycles. The van der Waals surface area contributed by atoms with Crippen molar-refractivity contribution in [2.45, 2.75) is 57.1 Å². The number of Topliss-reactive ketones (excluding diaryl/α,β-unsaturated/α-hetero) is 1. The number of ketones is 1. The highest BCUT2D eigenvalue weighted by Gasteiger charge is 2.37. The third-order valence-electron chi connectivity index (χ3n) is 5.06. The molecule has 26 heavy (non-hydrogen) atoms. The van der Waals surface area contributed by atoms with Crippen LogP contribution in [0.2, 0.25) is 0 Å². The van der Waals surface area contributed by atoms with Gasteiger partial charge in [-0.15, -0.1) is 5.10 Å². The summed E-state index contributed by atoms with van der Waals surface area (Å²) in [5, 5.41) is 8.94. The van der Waals surface area contributed by atoms with Gasteiger partial charge in [0.05, 0.1) is 0 Å². The molecule has 1 aliphatic carbocycles. The van der Waals surface area contributed by atoms with Crippen LogP contribution in [0.25, 0.3) is 0 Å². The number of hydrogen-bond donors (Lipinski definition) is 1. The largest absolute Gasteiger partial charge is 0.328 e. The minimum Gasteiger partial charge on any atom is -0.328 e. The Morgan fingerprint density at radius 3 is 2.96 bits per heavy atom. The lowest BCUT2D eigenvalue weighted by atomic mass is 9.84. The van der Waals surface area contributed by atoms with Crippen molar-refractivity contribution >= 4 is 23.5 Å². The van der Waals surface area contributed by atoms with Gasteiger partial charge in [-0.2, -0.15) is 4.98 Å². The molecule has 2 aromatic rings. The first-order chi connectivity index (χ1) is 12.7. The van der Waals surface area contributed by atoms with Crippen LogP contribution < -0.4 is 5.32 Å². The maximum absolute atomic E-state index is 12.8. The number of unbranched alkanes of at least 4 members (excludes halogenated alkanes) is 1. The topological polar surface area (TPSA) is 59.8 Å². The minimum atomic E-state index is -0.178. The smallest absolute Gasteiger partial charge is 0.227 e. The standard InChI is InChI=1S/C20H24N4OS/c1-3-4-12-26-20-22-19-21-15-10-7-11-16(25)17(15)18(24(19)23-20)14-9-6-5-8-13(14)2/h5-6,8-9,18H,3-4,7,10-12H2,1-2H3,(H,21,22,23)/t18-/m1/s1. The number of rotatable bonds is 5. The number of nitrogens with zero attached hydrogens (tertiary/aromatic N) is 3. The van der Waals surface area contributed by atoms with E-state index in [1.165, 1.54) is 5.56 Å². The molecule has 1 aliphatic heterocycles. The van der Waals surface area contributed by atoms with Gasteiger partial charge in [-0.05, 0) is 37.3 Å². The first-order valence-electron chi connectivity index (χ1n) is 9.37. The number of aromatic nitrogens is 3. The molecule has 2 aliphatic rings. The Kier molecular flexibility index (Phi) is 4.85. The van der Waals surface area contributed by atoms with Crippen LogP contribution in [0.15, 0.2) is 40.7 Å². The molecule has 0 saturated carbocycles. The molecule has 1 aromatic heterocycles. The summed E-state index contributed by atoms with van der Waals surface area (Å²) in [5.74, 6) is 2.00. The molecule has 0 unspecified atom stereocenters. The van der Waals surface area contributed by atoms with Gasteiger partial charge in [-0.1, -0.05) is 49.4 Å². The number of benzene rings is 1. The zero-order valence-electron chi connectivity index (χ0n) is 15.3. The van der Waals surface area contributed by atoms with Gasteiger partial charge in [-0.25, -0.2) is 4.68 Å². The summed E-state index contributed by atoms with van der Waals surface area (Å²) in [7, 11) is 0. The fourth-order valence-corrected chi connectivity index (χ4v) is 4.60. The van der Waals surface area contributed by atoms with Crippen molar-refractivity contribution < 1.29 is 4.79 Å². The van der Waals surface area contributed by atoms with Crippen LogP contribution in [0, 0.1) is 6.92 Å². The van der Waals surface area contributed by atoms with Crippen LogP contribution in [0.1, 0.15) is 56.2 Å². The summed E-state index contributed by atoms with van der Waals surface area (Å²) in [4.78, 5) is 17.5. The fraction of sp³-hybridized carbons (Fsp3) is 0.450. The van der Waals surface area contributed by atoms with E-state index in [0.717, 1.165) is 59.4 Å². The predicted molar refractivity (Wildman–Crippen MR) is 104 cm³/mol. The second-order valence-corrected chi connectivity index (χ2v) is 7.98. The molecule has 0 radical (unpaired) electrons. The molecule has 0 fully saturated rings. The van der Waals surface area contributed by atoms with E-state index in [1.807, 2.05) is 16.8 Å². The van der Waals surface area contributed by atoms with Crippen LogP contribution >= 0.6 is 11.8 Å². The number of allylic oxidation sites excluding steroid dienone is 2. The van der Waals surface area contributed by atoms with E-state index in [2.05, 4.69) is 31.3 Å². The highest BCUT2D eigenvalue weighted by molar-refractivity contribution is 7.99. The van der Waals surface area contributed by atoms with Gasteiger partial charge >= 0.3 is 0 Å². The van der Waals surface area contributed by atoms with Crippen molar-refractivity contribution in [3.05, 3.63) is 46.7 Å². The number of hydrogen-bond acceptors (Lipinski definition) is 5. The average Bonchev–Trinajstić information content (AvgIpc) is 3.03. The summed E-state index contributed by atoms with van der Waals surface area (Å²) < 4.78 is 1.92. The Morgan fingerprint density at radius 2 is 2.15 bits per heavy atom. The molecular weight excluding hydrogens is 344 g/mol. The summed E-state index contributed by atoms with van der Waals surface area (Å²) in [5.41, 5.74) is 4.20. The van der Waals surface area contributed by atoms with Gasteiger partial charge in [0.1, 0.15) is 6.04 Å². The van der Waals surface area contributed by atoms with Crippen LogP contribution in [-0.4, -0.2) is 26.3 Å². The van der Waals surface area contributed by atoms with E-state index in [9.17, 15) is 4.79 Å². The third kappa shape index (κ3) is 3.07. The molecule has 136 valence electrons. The predicted octanol–water partition coefficient (Wildman–Crippen LogP) is 4.50. The Hall–Kier alpha value is -2.08. The minimum absolute atomic E-state index is 0.178. The van der Waals surface area contributed by atoms with Crippen molar-refractivity contribution in [2.75, 3.05) is 11.1 Å². The first-order valence-corrected chi connectivity index (χ1v) is 10.4. The molecular formula is C20H24N4OS. The molecule has 0 spiro atoms. The number of aryl methyl sites for hydroxylation is 1. The molecule has 6 heteroatoms. The molecule has 1 atom stereocenters. The number of thioether (sulfide) groups is 1. The zero-order valence-corrected chi connectivity index (χ0v) is 16.1. The maximum atomic E-state index is 12.8. The summed E-state index contributed by atoms with van der Waals surface area (Å²) >= 11 is 1.69. The lowest BCUT2D eigenvalue weighted by molar-refractivity contribution is -0.116. The lowest BCUT2D eigenvalue weighted by Crippen LogP contribution is -2.31. The van der Waals surface area contributed by atoms with Crippen molar-refractivity contribution in [2.24, 2.45) is 0 Å². The Morgan fingerprint density at radius 1 is 1.31 bits per heavy atom. The molecule has 0 bridgehead atoms. The van der Waals surface area contributed by atoms with Crippen molar-refractivity contribution in [3.8, 4) is 0 Å². The van der Waals surface area contributed by atoms with Crippen molar-refractivity contribution in [3.63, 3.8) is 0 Å². The zero-order chi connectivity index (χ0) is 18.1. The lowest BCUT2D eigenvalue weighted by Gasteiger charge is -2.32. The molecule has 1 aromatic carbocycles. The summed E-state index contributed by atoms with van der Waals surface area (Å²) in [6, 6.07) is 8.09. The second kappa shape index (κ2) is 7.27. The summed E-state index contributed by atoms with van der Waals surface area (Å²) in [6.45, 7) is 4.28. The quantitative estimate of drug-likeness (QED) is 0.622. The Balaban J connectivity index is 1.79. The van der Waals surface area contributed by atoms with Gasteiger partial charge < -0.3 is 5.32 Å². The maximum Gasteiger partial charge on any atom is 0.227 e. The number of nitrogens with one attached hydrogen (secondary N) is 1. The van der Waals surface area contributed by atoms with E-state index < -0.39 is 0 Å². The number of carbonyl (C=O) groups excluding carboxylic acids is 1. The molecule has 0 amide bonds. The molecule has 5 nitrogen and oxygen atoms in total. The normalized spacial score (nSPS) is 19.2. The number of anilines is 1. The van der Waals surface area contributed by atoms with Crippen LogP contribution in [0.3, 0.4) is 0 Å². The van der Waals surface area contributed by atoms with Gasteiger partial charge in [0.2, 0.25) is 11.1 Å². The average molecular weight is 369 g/mol. The van der Waals surface area contributed by atoms with Crippen LogP contribution in [0.4, 0.5) is 5.95 Å². The summed E-state index contributed by atoms with van der Waals surface area (Å²) in [6.07, 6.45) is 4.72. The van der Waals surface area contributed by atoms with Crippen LogP contribution in [0.5, 0.6) is 0 Å². The van der Waals surface area contributed by atoms with Crippen molar-refractivity contribution in [1.29, 1.82) is 0 Å². The fourth-order valence-electron chi connectivity index (χ4n) is 3.69. The number of fused-ring (bicyclic) bond motifs is 1. The van der Waals surface area contributed by atoms with Crippen molar-refractivity contribution in [1.82, 2.24) is 14.8 Å². The van der Waals surface area contributed by atoms with Gasteiger partial charge in [0.25, 0.3) is 0 Å². The monoisotopic (exact) mass is 368 g/mol. The molecule has 4 rings (SSSR count). The second-order valence-electron chi connectivity index (χ2n) is 6.92. The highest BCUT2D eigenvalue weighted by Crippen LogP contribution is 2.41. The first kappa shape index (κ1) is 17.3. The van der Waals surface area contributed by atoms with E-state index >= 15 is 0 Å². The van der Waals surface area contributed by atoms with E-state index in [-0.39, 0.29) is 11.8 Å². The van der Waals surface area contributed by atoms with E-state index in [0.29, 0.717) is 6.42 Å². The number of carbonyl (C=O) groups is 1. The van der Waals surface area contributed by atoms with Crippen LogP contribution in [-0.2, 0) is 4.79 Å². The van der Waals surface area contributed by atoms with E-state index in [4.69, 9.17) is 10.1 Å². The SMILES string of the molecule is CCCCSc1nc2n(n1)[C@H](c1ccccc1C)C1=C(CCCC1=O)N2. The van der Waals surface area contributed by atoms with Gasteiger partial charge in [0, 0.05) is 23.4 Å².